The average Bonchev–Trinajstić information content (AvgIpc) is 3.85. The molecule has 2 aliphatic rings. The van der Waals surface area contributed by atoms with E-state index in [1.807, 2.05) is 30.0 Å². The van der Waals surface area contributed by atoms with Gasteiger partial charge in [-0.25, -0.2) is 38.6 Å². The first-order valence-corrected chi connectivity index (χ1v) is 31.2. The number of nitrogens with zero attached hydrogens (tertiary/aromatic N) is 6. The highest BCUT2D eigenvalue weighted by molar-refractivity contribution is 6.76. The second kappa shape index (κ2) is 23.3. The Labute approximate surface area is 410 Å². The minimum absolute atomic E-state index is 0.0260. The summed E-state index contributed by atoms with van der Waals surface area (Å²) >= 11 is 0. The Kier molecular flexibility index (Phi) is 17.3. The zero-order valence-electron chi connectivity index (χ0n) is 41.3. The Morgan fingerprint density at radius 3 is 1.61 bits per heavy atom. The lowest BCUT2D eigenvalue weighted by molar-refractivity contribution is -0.195. The first-order valence-electron chi connectivity index (χ1n) is 23.8. The average molecular weight is 995 g/mol. The molecule has 0 atom stereocenters. The van der Waals surface area contributed by atoms with Crippen LogP contribution in [0.1, 0.15) is 61.3 Å². The Bertz CT molecular complexity index is 2800. The molecule has 0 spiro atoms. The topological polar surface area (TPSA) is 139 Å². The lowest BCUT2D eigenvalue weighted by atomic mass is 9.98. The van der Waals surface area contributed by atoms with Crippen molar-refractivity contribution in [3.05, 3.63) is 136 Å². The molecule has 0 N–H and O–H groups in total. The second-order valence-corrected chi connectivity index (χ2v) is 31.1. The smallest absolute Gasteiger partial charge is 0.296 e. The highest BCUT2D eigenvalue weighted by Crippen LogP contribution is 2.33. The molecule has 0 fully saturated rings. The fourth-order valence-electron chi connectivity index (χ4n) is 8.29. The fraction of sp³-hybridized carbons (Fsp3) is 0.404. The van der Waals surface area contributed by atoms with Gasteiger partial charge in [0.15, 0.2) is 13.6 Å². The highest BCUT2D eigenvalue weighted by atomic mass is 28.3. The Balaban J connectivity index is 0.000000207. The van der Waals surface area contributed by atoms with Gasteiger partial charge >= 0.3 is 0 Å². The zero-order valence-corrected chi connectivity index (χ0v) is 43.3. The zero-order chi connectivity index (χ0) is 50.0. The summed E-state index contributed by atoms with van der Waals surface area (Å²) in [6.07, 6.45) is 13.2. The first-order chi connectivity index (χ1) is 33.5. The van der Waals surface area contributed by atoms with Crippen LogP contribution < -0.4 is 0 Å². The van der Waals surface area contributed by atoms with E-state index in [0.29, 0.717) is 70.2 Å². The van der Waals surface area contributed by atoms with Crippen LogP contribution in [-0.2, 0) is 61.0 Å². The summed E-state index contributed by atoms with van der Waals surface area (Å²) in [7, 11) is -2.37. The predicted molar refractivity (Wildman–Crippen MR) is 270 cm³/mol. The quantitative estimate of drug-likeness (QED) is 0.0225. The van der Waals surface area contributed by atoms with E-state index in [4.69, 9.17) is 23.9 Å². The first kappa shape index (κ1) is 51.9. The standard InChI is InChI=1S/C27H34FN3O4Si.C25H30FN3O4Si/c1-5-33-13-11-21-18-30(17-20-6-8-22(28)9-7-20)24-16-29-26-23(25(21)24)10-12-31(27(26)32)35-19-34-14-15-36(2,3)4;1-34(2,3)13-12-32-17-33-29-10-8-21-23-19(9-11-30)16-28(15-18-4-6-20(26)7-5-18)22(23)14-27-24(21)25(29)31/h6-9,11,13,16,18H,5,10,12,14-15,17,19H2,1-4H3;4-7,11,14,16H,8-10,12-13,15,17H2,1-3H3/b13-11-;. The van der Waals surface area contributed by atoms with Crippen molar-refractivity contribution in [1.29, 1.82) is 0 Å². The summed E-state index contributed by atoms with van der Waals surface area (Å²) in [6, 6.07) is 14.8. The van der Waals surface area contributed by atoms with Crippen molar-refractivity contribution in [2.45, 2.75) is 90.6 Å². The number of amides is 2. The van der Waals surface area contributed by atoms with Crippen LogP contribution in [0.4, 0.5) is 8.78 Å². The van der Waals surface area contributed by atoms with E-state index in [1.54, 1.807) is 42.9 Å². The number of aldehydes is 1. The van der Waals surface area contributed by atoms with E-state index < -0.39 is 16.1 Å². The van der Waals surface area contributed by atoms with Crippen LogP contribution >= 0.6 is 0 Å². The monoisotopic (exact) mass is 994 g/mol. The van der Waals surface area contributed by atoms with Crippen molar-refractivity contribution in [2.24, 2.45) is 0 Å². The molecule has 14 nitrogen and oxygen atoms in total. The fourth-order valence-corrected chi connectivity index (χ4v) is 9.80. The molecule has 0 aliphatic carbocycles. The minimum Gasteiger partial charge on any atom is -0.501 e. The van der Waals surface area contributed by atoms with E-state index in [1.165, 1.54) is 34.4 Å². The molecule has 0 saturated heterocycles. The number of carbonyl (C=O) groups is 3. The third-order valence-corrected chi connectivity index (χ3v) is 15.5. The number of fused-ring (bicyclic) bond motifs is 6. The molecule has 8 rings (SSSR count). The maximum atomic E-state index is 13.4. The van der Waals surface area contributed by atoms with Crippen LogP contribution in [0.5, 0.6) is 0 Å². The number of rotatable bonds is 21. The van der Waals surface area contributed by atoms with Crippen molar-refractivity contribution >= 4 is 62.1 Å². The number of hydroxylamine groups is 4. The molecule has 0 unspecified atom stereocenters. The third kappa shape index (κ3) is 13.3. The van der Waals surface area contributed by atoms with Crippen molar-refractivity contribution in [1.82, 2.24) is 29.2 Å². The molecule has 0 radical (unpaired) electrons. The molecule has 4 aromatic heterocycles. The summed E-state index contributed by atoms with van der Waals surface area (Å²) in [5.41, 5.74) is 7.90. The van der Waals surface area contributed by atoms with E-state index in [2.05, 4.69) is 53.8 Å². The van der Waals surface area contributed by atoms with Gasteiger partial charge in [0, 0.05) is 77.6 Å². The van der Waals surface area contributed by atoms with Gasteiger partial charge in [-0.15, -0.1) is 0 Å². The van der Waals surface area contributed by atoms with Crippen molar-refractivity contribution < 1.29 is 47.1 Å². The lowest BCUT2D eigenvalue weighted by Crippen LogP contribution is -2.39. The molecule has 372 valence electrons. The SMILES string of the molecule is CCO/C=C\c1cn(Cc2ccc(F)cc2)c2cnc3c(c12)CCN(OCOCC[Si](C)(C)C)C3=O.C[Si](C)(C)CCOCON1CCc2c(ncc3c2c(CC=O)cn3Cc2ccc(F)cc2)C1=O. The van der Waals surface area contributed by atoms with Gasteiger partial charge in [0.25, 0.3) is 11.8 Å². The van der Waals surface area contributed by atoms with Gasteiger partial charge in [0.2, 0.25) is 0 Å². The van der Waals surface area contributed by atoms with Crippen LogP contribution in [0.3, 0.4) is 0 Å². The molecule has 0 bridgehead atoms. The van der Waals surface area contributed by atoms with Crippen LogP contribution in [-0.4, -0.2) is 110 Å². The summed E-state index contributed by atoms with van der Waals surface area (Å²) in [5.74, 6) is -1.12. The molecule has 6 aromatic rings. The molecule has 2 amide bonds. The number of hydrogen-bond donors (Lipinski definition) is 0. The van der Waals surface area contributed by atoms with E-state index in [0.717, 1.165) is 73.6 Å². The molecule has 6 heterocycles. The predicted octanol–water partition coefficient (Wildman–Crippen LogP) is 9.68. The summed E-state index contributed by atoms with van der Waals surface area (Å²) < 4.78 is 47.4. The molecule has 0 saturated carbocycles. The highest BCUT2D eigenvalue weighted by Gasteiger charge is 2.32. The number of carbonyl (C=O) groups excluding carboxylic acids is 3. The van der Waals surface area contributed by atoms with E-state index in [9.17, 15) is 23.2 Å². The Hall–Kier alpha value is -5.90. The van der Waals surface area contributed by atoms with Crippen LogP contribution in [0.25, 0.3) is 27.9 Å². The second-order valence-electron chi connectivity index (χ2n) is 19.8. The van der Waals surface area contributed by atoms with Gasteiger partial charge in [-0.05, 0) is 90.0 Å². The molecule has 18 heteroatoms. The lowest BCUT2D eigenvalue weighted by Gasteiger charge is -2.27. The van der Waals surface area contributed by atoms with Gasteiger partial charge < -0.3 is 28.1 Å². The van der Waals surface area contributed by atoms with Crippen LogP contribution in [0, 0.1) is 11.6 Å². The van der Waals surface area contributed by atoms with Crippen molar-refractivity contribution in [3.8, 4) is 0 Å². The molecule has 2 aromatic carbocycles. The molecular formula is C52H64F2N6O8Si2. The molecular weight excluding hydrogens is 931 g/mol. The maximum Gasteiger partial charge on any atom is 0.296 e. The number of benzene rings is 2. The third-order valence-electron chi connectivity index (χ3n) is 12.1. The summed E-state index contributed by atoms with van der Waals surface area (Å²) in [5, 5.41) is 4.52. The number of ether oxygens (including phenoxy) is 3. The maximum absolute atomic E-state index is 13.4. The number of aromatic nitrogens is 4. The normalized spacial score (nSPS) is 14.1. The van der Waals surface area contributed by atoms with Crippen molar-refractivity contribution in [3.63, 3.8) is 0 Å². The molecule has 2 aliphatic heterocycles. The number of hydrogen-bond acceptors (Lipinski definition) is 10. The van der Waals surface area contributed by atoms with Gasteiger partial charge in [-0.1, -0.05) is 63.5 Å². The number of pyridine rings is 2. The Morgan fingerprint density at radius 1 is 0.671 bits per heavy atom. The van der Waals surface area contributed by atoms with Gasteiger partial charge in [-0.3, -0.25) is 9.59 Å². The largest absolute Gasteiger partial charge is 0.501 e. The Morgan fingerprint density at radius 2 is 1.14 bits per heavy atom. The van der Waals surface area contributed by atoms with Gasteiger partial charge in [0.1, 0.15) is 29.3 Å². The number of halogens is 2. The van der Waals surface area contributed by atoms with Crippen molar-refractivity contribution in [2.75, 3.05) is 46.5 Å². The van der Waals surface area contributed by atoms with Gasteiger partial charge in [0.05, 0.1) is 49.4 Å². The van der Waals surface area contributed by atoms with Crippen LogP contribution in [0.15, 0.2) is 79.6 Å². The summed E-state index contributed by atoms with van der Waals surface area (Å²) in [6.45, 7) is 19.4. The van der Waals surface area contributed by atoms with E-state index in [-0.39, 0.29) is 43.5 Å². The van der Waals surface area contributed by atoms with Gasteiger partial charge in [-0.2, -0.15) is 0 Å². The summed E-state index contributed by atoms with van der Waals surface area (Å²) in [4.78, 5) is 57.9. The van der Waals surface area contributed by atoms with E-state index >= 15 is 0 Å². The molecule has 70 heavy (non-hydrogen) atoms. The van der Waals surface area contributed by atoms with Crippen LogP contribution in [0.2, 0.25) is 51.4 Å². The minimum atomic E-state index is -1.19.